The van der Waals surface area contributed by atoms with E-state index in [9.17, 15) is 0 Å². The fourth-order valence-electron chi connectivity index (χ4n) is 0. The van der Waals surface area contributed by atoms with Gasteiger partial charge in [-0.05, 0) is 13.1 Å². The van der Waals surface area contributed by atoms with Crippen molar-refractivity contribution >= 4 is 16.8 Å². The highest BCUT2D eigenvalue weighted by Crippen LogP contribution is 1.21. The normalized spacial score (nSPS) is 3.50. The second kappa shape index (κ2) is 3.43. The van der Waals surface area contributed by atoms with Crippen LogP contribution in [-0.4, -0.2) is 16.8 Å². The van der Waals surface area contributed by atoms with Crippen LogP contribution in [0.25, 0.3) is 0 Å². The monoisotopic (exact) mass is 86.0 g/mol. The van der Waals surface area contributed by atoms with E-state index in [-0.39, 0.29) is 0 Å². The van der Waals surface area contributed by atoms with Crippen LogP contribution in [0.3, 0.4) is 0 Å². The molecule has 0 aromatic heterocycles. The van der Waals surface area contributed by atoms with Crippen molar-refractivity contribution in [3.63, 3.8) is 0 Å². The van der Waals surface area contributed by atoms with Gasteiger partial charge in [0.15, 0.2) is 0 Å². The highest BCUT2D eigenvalue weighted by Gasteiger charge is 1.28. The molecule has 0 N–H and O–H groups in total. The second-order valence-electron chi connectivity index (χ2n) is 0.500. The van der Waals surface area contributed by atoms with Gasteiger partial charge < -0.3 is 0 Å². The summed E-state index contributed by atoms with van der Waals surface area (Å²) in [5.74, 6) is 0. The van der Waals surface area contributed by atoms with Crippen LogP contribution in [-0.2, 0) is 0 Å². The molecule has 0 aliphatic carbocycles. The molecule has 0 aromatic rings. The van der Waals surface area contributed by atoms with Gasteiger partial charge in [0, 0.05) is 0 Å². The van der Waals surface area contributed by atoms with Crippen LogP contribution < -0.4 is 0 Å². The minimum Gasteiger partial charge on any atom is -0.0575 e. The minimum absolute atomic E-state index is 1.17. The first-order valence-corrected chi connectivity index (χ1v) is 5.25. The van der Waals surface area contributed by atoms with E-state index in [1.165, 1.54) is 16.8 Å². The Morgan fingerprint density at radius 2 is 1.25 bits per heavy atom. The van der Waals surface area contributed by atoms with E-state index in [1.54, 1.807) is 0 Å². The zero-order valence-corrected chi connectivity index (χ0v) is 5.00. The van der Waals surface area contributed by atoms with Gasteiger partial charge >= 0.3 is 0 Å². The molecule has 2 heteroatoms. The Kier molecular flexibility index (Phi) is 3.81. The first-order valence-electron chi connectivity index (χ1n) is 1.25. The van der Waals surface area contributed by atoms with E-state index < -0.39 is 0 Å². The predicted molar refractivity (Wildman–Crippen MR) is 23.2 cm³/mol. The third-order valence-electron chi connectivity index (χ3n) is 0.250. The van der Waals surface area contributed by atoms with Crippen LogP contribution in [0, 0.1) is 0 Å². The molecule has 0 bridgehead atoms. The Morgan fingerprint density at radius 1 is 1.00 bits per heavy atom. The lowest BCUT2D eigenvalue weighted by atomic mass is 11.9. The third kappa shape index (κ3) is 2.43. The van der Waals surface area contributed by atoms with E-state index >= 15 is 0 Å². The van der Waals surface area contributed by atoms with Crippen molar-refractivity contribution in [3.8, 4) is 0 Å². The quantitative estimate of drug-likeness (QED) is 0.374. The van der Waals surface area contributed by atoms with Crippen LogP contribution in [0.15, 0.2) is 0 Å². The molecule has 0 aromatic carbocycles. The molecule has 0 saturated carbocycles. The first-order chi connectivity index (χ1) is 1.91. The lowest BCUT2D eigenvalue weighted by molar-refractivity contribution is 2.34. The summed E-state index contributed by atoms with van der Waals surface area (Å²) in [4.78, 5) is 0. The molecule has 0 fully saturated rings. The topological polar surface area (TPSA) is 0 Å². The Bertz CT molecular complexity index is 40.8. The van der Waals surface area contributed by atoms with Gasteiger partial charge in [0.1, 0.15) is 0 Å². The summed E-state index contributed by atoms with van der Waals surface area (Å²) in [6.45, 7) is 4.44. The van der Waals surface area contributed by atoms with Crippen molar-refractivity contribution in [2.75, 3.05) is 0 Å². The van der Waals surface area contributed by atoms with Gasteiger partial charge in [0.2, 0.25) is 0 Å². The fourth-order valence-corrected chi connectivity index (χ4v) is 0. The van der Waals surface area contributed by atoms with Gasteiger partial charge in [-0.15, -0.1) is 0 Å². The lowest BCUT2D eigenvalue weighted by Crippen LogP contribution is -1.53. The molecular weight excluding hydrogens is 80.2 g/mol. The Balaban J connectivity index is 2.83. The van der Waals surface area contributed by atoms with Crippen LogP contribution >= 0.6 is 0 Å². The predicted octanol–water partition coefficient (Wildman–Crippen LogP) is 0.406. The molecule has 0 aliphatic rings. The van der Waals surface area contributed by atoms with Crippen LogP contribution in [0.5, 0.6) is 0 Å². The molecule has 0 rings (SSSR count). The van der Waals surface area contributed by atoms with Gasteiger partial charge in [-0.2, -0.15) is 0 Å². The SMILES string of the molecule is C[Si]#[Si]C. The number of hydrogen-bond donors (Lipinski definition) is 0. The van der Waals surface area contributed by atoms with Gasteiger partial charge in [0.05, 0.1) is 0 Å². The van der Waals surface area contributed by atoms with Crippen LogP contribution in [0.4, 0.5) is 0 Å². The number of hydrogen-bond acceptors (Lipinski definition) is 0. The summed E-state index contributed by atoms with van der Waals surface area (Å²) in [5, 5.41) is 0. The maximum absolute atomic E-state index is 2.22. The third-order valence-corrected chi connectivity index (χ3v) is 2.25. The highest BCUT2D eigenvalue weighted by atomic mass is 28.7. The average molecular weight is 86.2 g/mol. The summed E-state index contributed by atoms with van der Waals surface area (Å²) in [6.07, 6.45) is 0. The Hall–Kier alpha value is 0.434. The second-order valence-corrected chi connectivity index (χ2v) is 4.50. The van der Waals surface area contributed by atoms with Crippen molar-refractivity contribution in [1.29, 1.82) is 0 Å². The van der Waals surface area contributed by atoms with E-state index in [1.807, 2.05) is 0 Å². The summed E-state index contributed by atoms with van der Waals surface area (Å²) in [6, 6.07) is 0. The molecule has 0 amide bonds. The fraction of sp³-hybridized carbons (Fsp3) is 1.00. The molecular formula is C2H6Si2. The summed E-state index contributed by atoms with van der Waals surface area (Å²) < 4.78 is 0. The molecule has 0 saturated heterocycles. The van der Waals surface area contributed by atoms with Crippen molar-refractivity contribution in [1.82, 2.24) is 0 Å². The molecule has 0 spiro atoms. The maximum Gasteiger partial charge on any atom is -0.0313 e. The molecule has 0 heterocycles. The molecule has 0 radical (unpaired) electrons. The maximum atomic E-state index is 2.22. The zero-order chi connectivity index (χ0) is 3.41. The standard InChI is InChI=1S/C2H6Si2/c1-3-4-2/h1-2H3. The molecule has 0 atom stereocenters. The van der Waals surface area contributed by atoms with E-state index in [0.29, 0.717) is 0 Å². The van der Waals surface area contributed by atoms with Crippen LogP contribution in [0.1, 0.15) is 0 Å². The average Bonchev–Trinajstić information content (AvgIpc) is 1.37. The van der Waals surface area contributed by atoms with Crippen LogP contribution in [0.2, 0.25) is 13.1 Å². The molecule has 4 heavy (non-hydrogen) atoms. The number of rotatable bonds is 0. The van der Waals surface area contributed by atoms with Crippen molar-refractivity contribution in [2.24, 2.45) is 0 Å². The van der Waals surface area contributed by atoms with Crippen molar-refractivity contribution < 1.29 is 0 Å². The first kappa shape index (κ1) is 4.43. The van der Waals surface area contributed by atoms with Crippen molar-refractivity contribution in [3.05, 3.63) is 0 Å². The summed E-state index contributed by atoms with van der Waals surface area (Å²) >= 11 is 0. The van der Waals surface area contributed by atoms with Gasteiger partial charge in [-0.3, -0.25) is 0 Å². The Labute approximate surface area is 30.8 Å². The summed E-state index contributed by atoms with van der Waals surface area (Å²) in [7, 11) is 2.34. The summed E-state index contributed by atoms with van der Waals surface area (Å²) in [5.41, 5.74) is 0. The largest absolute Gasteiger partial charge is 0.0575 e. The van der Waals surface area contributed by atoms with E-state index in [0.717, 1.165) is 0 Å². The molecule has 22 valence electrons. The van der Waals surface area contributed by atoms with Gasteiger partial charge in [-0.1, -0.05) is 16.8 Å². The lowest BCUT2D eigenvalue weighted by Gasteiger charge is -1.38. The molecule has 0 nitrogen and oxygen atoms in total. The van der Waals surface area contributed by atoms with Crippen molar-refractivity contribution in [2.45, 2.75) is 13.1 Å². The molecule has 0 unspecified atom stereocenters. The van der Waals surface area contributed by atoms with Gasteiger partial charge in [-0.25, -0.2) is 0 Å². The molecule has 0 aliphatic heterocycles. The van der Waals surface area contributed by atoms with E-state index in [4.69, 9.17) is 0 Å². The smallest absolute Gasteiger partial charge is 0.0313 e. The Morgan fingerprint density at radius 3 is 1.25 bits per heavy atom. The van der Waals surface area contributed by atoms with Gasteiger partial charge in [0.25, 0.3) is 0 Å². The minimum atomic E-state index is 1.17. The van der Waals surface area contributed by atoms with E-state index in [2.05, 4.69) is 13.1 Å². The zero-order valence-electron chi connectivity index (χ0n) is 3.00. The highest BCUT2D eigenvalue weighted by molar-refractivity contribution is 6.59.